The van der Waals surface area contributed by atoms with Gasteiger partial charge in [-0.15, -0.1) is 0 Å². The summed E-state index contributed by atoms with van der Waals surface area (Å²) in [7, 11) is 0. The quantitative estimate of drug-likeness (QED) is 0.620. The minimum atomic E-state index is -0.463. The number of rotatable bonds is 3. The second kappa shape index (κ2) is 14.3. The molecule has 2 rings (SSSR count). The van der Waals surface area contributed by atoms with Crippen molar-refractivity contribution in [1.29, 1.82) is 0 Å². The minimum Gasteiger partial charge on any atom is -1.00 e. The molecule has 2 aliphatic carbocycles. The Morgan fingerprint density at radius 3 is 1.84 bits per heavy atom. The van der Waals surface area contributed by atoms with Crippen LogP contribution in [0.1, 0.15) is 90.9 Å². The molecule has 0 aromatic carbocycles. The molecule has 142 valence electrons. The fourth-order valence-electron chi connectivity index (χ4n) is 3.61. The van der Waals surface area contributed by atoms with Crippen molar-refractivity contribution in [2.24, 2.45) is 5.92 Å². The van der Waals surface area contributed by atoms with E-state index in [0.717, 1.165) is 19.3 Å². The Kier molecular flexibility index (Phi) is 14.5. The first-order valence-electron chi connectivity index (χ1n) is 9.59. The molecule has 0 radical (unpaired) electrons. The van der Waals surface area contributed by atoms with E-state index in [2.05, 4.69) is 23.7 Å². The standard InChI is InChI=1S/C13H25NO.C7H9.2ClH.Ti/c14-13(15)12-10-8-6-4-2-1-3-5-7-9-11-12;1-6-4-3-5-7(6)2;;;/h12H,1-11H2,(H2,14,15);4H,5H2,1-2H3;2*1H;/q;;;;+3/p-3. The summed E-state index contributed by atoms with van der Waals surface area (Å²) in [5.74, 6) is 0.625. The first-order chi connectivity index (χ1) is 11.2. The molecule has 2 aliphatic rings. The minimum absolute atomic E-state index is 0. The zero-order chi connectivity index (χ0) is 16.5. The van der Waals surface area contributed by atoms with Crippen LogP contribution in [0.25, 0.3) is 0 Å². The Balaban J connectivity index is 0.00000288. The van der Waals surface area contributed by atoms with Crippen LogP contribution in [-0.4, -0.2) is 5.91 Å². The fourth-order valence-corrected chi connectivity index (χ4v) is 5.38. The third-order valence-corrected chi connectivity index (χ3v) is 6.92. The predicted molar refractivity (Wildman–Crippen MR) is 93.5 cm³/mol. The molecule has 0 spiro atoms. The van der Waals surface area contributed by atoms with E-state index < -0.39 is 19.4 Å². The number of carbonyl (C=O) groups is 1. The van der Waals surface area contributed by atoms with Gasteiger partial charge in [0.1, 0.15) is 0 Å². The average Bonchev–Trinajstić information content (AvgIpc) is 2.84. The van der Waals surface area contributed by atoms with Crippen molar-refractivity contribution in [3.8, 4) is 0 Å². The molecule has 0 saturated heterocycles. The largest absolute Gasteiger partial charge is 1.00 e. The molecule has 1 N–H and O–H groups in total. The molecule has 0 aliphatic heterocycles. The maximum Gasteiger partial charge on any atom is -1.00 e. The second-order valence-electron chi connectivity index (χ2n) is 7.38. The van der Waals surface area contributed by atoms with Gasteiger partial charge in [-0.25, -0.2) is 0 Å². The molecule has 0 atom stereocenters. The first kappa shape index (κ1) is 25.2. The molecule has 2 nitrogen and oxygen atoms in total. The predicted octanol–water partition coefficient (Wildman–Crippen LogP) is -0.347. The summed E-state index contributed by atoms with van der Waals surface area (Å²) in [5.41, 5.74) is 2.88. The number of hydrogen-bond acceptors (Lipinski definition) is 1. The van der Waals surface area contributed by atoms with Gasteiger partial charge in [0.25, 0.3) is 0 Å². The molecule has 5 heteroatoms. The molecule has 1 amide bonds. The summed E-state index contributed by atoms with van der Waals surface area (Å²) in [6, 6.07) is 0. The van der Waals surface area contributed by atoms with E-state index in [4.69, 9.17) is 0 Å². The Labute approximate surface area is 176 Å². The van der Waals surface area contributed by atoms with Crippen molar-refractivity contribution in [2.75, 3.05) is 0 Å². The van der Waals surface area contributed by atoms with E-state index in [0.29, 0.717) is 5.91 Å². The molecule has 1 fully saturated rings. The van der Waals surface area contributed by atoms with Gasteiger partial charge in [-0.3, -0.25) is 0 Å². The molecule has 1 saturated carbocycles. The number of hydrogen-bond donors (Lipinski definition) is 1. The number of carbonyl (C=O) groups excluding carboxylic acids is 1. The monoisotopic (exact) mass is 421 g/mol. The van der Waals surface area contributed by atoms with Gasteiger partial charge in [0.15, 0.2) is 0 Å². The molecule has 0 bridgehead atoms. The number of nitrogens with one attached hydrogen (secondary N) is 1. The van der Waals surface area contributed by atoms with Gasteiger partial charge in [0, 0.05) is 0 Å². The SMILES string of the molecule is CC1=C(C)C[C]([Ti+2][NH]C(=O)C2CCCCCCCCCCC2)=C1.[Cl-].[Cl-]. The normalized spacial score (nSPS) is 20.2. The van der Waals surface area contributed by atoms with Crippen LogP contribution in [0, 0.1) is 5.92 Å². The summed E-state index contributed by atoms with van der Waals surface area (Å²) < 4.78 is 4.83. The van der Waals surface area contributed by atoms with E-state index >= 15 is 0 Å². The molecule has 0 aromatic heterocycles. The maximum atomic E-state index is 12.6. The third kappa shape index (κ3) is 9.66. The summed E-state index contributed by atoms with van der Waals surface area (Å²) in [6.07, 6.45) is 17.6. The molecular formula is C20H33Cl2NOTi. The average molecular weight is 422 g/mol. The van der Waals surface area contributed by atoms with E-state index in [1.807, 2.05) is 0 Å². The molecule has 0 aromatic rings. The van der Waals surface area contributed by atoms with Gasteiger partial charge in [-0.1, -0.05) is 0 Å². The third-order valence-electron chi connectivity index (χ3n) is 5.34. The summed E-state index contributed by atoms with van der Waals surface area (Å²) in [5, 5.41) is 0. The van der Waals surface area contributed by atoms with Crippen LogP contribution in [0.3, 0.4) is 0 Å². The Morgan fingerprint density at radius 2 is 1.40 bits per heavy atom. The summed E-state index contributed by atoms with van der Waals surface area (Å²) >= 11 is -0.463. The van der Waals surface area contributed by atoms with Crippen LogP contribution in [0.4, 0.5) is 0 Å². The summed E-state index contributed by atoms with van der Waals surface area (Å²) in [6.45, 7) is 4.39. The van der Waals surface area contributed by atoms with Crippen molar-refractivity contribution in [3.05, 3.63) is 21.1 Å². The van der Waals surface area contributed by atoms with Gasteiger partial charge in [-0.05, 0) is 0 Å². The zero-order valence-electron chi connectivity index (χ0n) is 15.8. The zero-order valence-corrected chi connectivity index (χ0v) is 18.9. The molecule has 0 heterocycles. The van der Waals surface area contributed by atoms with Crippen LogP contribution in [-0.2, 0) is 24.2 Å². The van der Waals surface area contributed by atoms with Gasteiger partial charge >= 0.3 is 152 Å². The summed E-state index contributed by atoms with van der Waals surface area (Å²) in [4.78, 5) is 12.6. The topological polar surface area (TPSA) is 29.1 Å². The first-order valence-corrected chi connectivity index (χ1v) is 11.2. The maximum absolute atomic E-state index is 12.6. The van der Waals surface area contributed by atoms with Crippen molar-refractivity contribution >= 4 is 5.91 Å². The van der Waals surface area contributed by atoms with Crippen LogP contribution in [0.15, 0.2) is 21.1 Å². The van der Waals surface area contributed by atoms with Crippen LogP contribution >= 0.6 is 0 Å². The smallest absolute Gasteiger partial charge is 1.00 e. The van der Waals surface area contributed by atoms with Crippen LogP contribution in [0.2, 0.25) is 0 Å². The Morgan fingerprint density at radius 1 is 0.920 bits per heavy atom. The molecule has 0 unspecified atom stereocenters. The van der Waals surface area contributed by atoms with Crippen molar-refractivity contribution in [1.82, 2.24) is 3.80 Å². The van der Waals surface area contributed by atoms with E-state index in [9.17, 15) is 4.79 Å². The van der Waals surface area contributed by atoms with Crippen LogP contribution < -0.4 is 28.6 Å². The van der Waals surface area contributed by atoms with Crippen LogP contribution in [0.5, 0.6) is 0 Å². The number of halogens is 2. The van der Waals surface area contributed by atoms with Gasteiger partial charge in [0.05, 0.1) is 0 Å². The van der Waals surface area contributed by atoms with Crippen molar-refractivity contribution in [3.63, 3.8) is 0 Å². The Hall–Kier alpha value is 0.244. The van der Waals surface area contributed by atoms with Gasteiger partial charge in [0.2, 0.25) is 0 Å². The van der Waals surface area contributed by atoms with Crippen molar-refractivity contribution < 1.29 is 49.0 Å². The number of amides is 1. The van der Waals surface area contributed by atoms with Crippen molar-refractivity contribution in [2.45, 2.75) is 90.9 Å². The van der Waals surface area contributed by atoms with E-state index in [1.165, 1.54) is 72.8 Å². The Bertz CT molecular complexity index is 451. The van der Waals surface area contributed by atoms with E-state index in [-0.39, 0.29) is 30.7 Å². The second-order valence-corrected chi connectivity index (χ2v) is 9.16. The molecular weight excluding hydrogens is 389 g/mol. The van der Waals surface area contributed by atoms with Gasteiger partial charge < -0.3 is 24.8 Å². The molecule has 25 heavy (non-hydrogen) atoms. The van der Waals surface area contributed by atoms with Gasteiger partial charge in [-0.2, -0.15) is 0 Å². The number of allylic oxidation sites excluding steroid dienone is 4. The van der Waals surface area contributed by atoms with E-state index in [1.54, 1.807) is 0 Å². The fraction of sp³-hybridized carbons (Fsp3) is 0.750.